The molecule has 1 unspecified atom stereocenters. The lowest BCUT2D eigenvalue weighted by molar-refractivity contribution is -0.168. The minimum absolute atomic E-state index is 0.0611. The van der Waals surface area contributed by atoms with Gasteiger partial charge in [-0.3, -0.25) is 0 Å². The van der Waals surface area contributed by atoms with Gasteiger partial charge in [0.1, 0.15) is 12.4 Å². The Morgan fingerprint density at radius 2 is 2.33 bits per heavy atom. The van der Waals surface area contributed by atoms with Crippen LogP contribution in [0.4, 0.5) is 0 Å². The lowest BCUT2D eigenvalue weighted by atomic mass is 10.2. The first-order chi connectivity index (χ1) is 8.88. The van der Waals surface area contributed by atoms with Crippen molar-refractivity contribution in [2.24, 2.45) is 0 Å². The second-order valence-electron chi connectivity index (χ2n) is 4.25. The van der Waals surface area contributed by atoms with E-state index in [1.807, 2.05) is 24.3 Å². The van der Waals surface area contributed by atoms with Gasteiger partial charge in [0, 0.05) is 6.61 Å². The highest BCUT2D eigenvalue weighted by Gasteiger charge is 2.13. The number of hydrogen-bond acceptors (Lipinski definition) is 3. The molecule has 0 radical (unpaired) electrons. The van der Waals surface area contributed by atoms with Crippen molar-refractivity contribution >= 4 is 0 Å². The average Bonchev–Trinajstić information content (AvgIpc) is 2.44. The van der Waals surface area contributed by atoms with Crippen LogP contribution < -0.4 is 4.74 Å². The van der Waals surface area contributed by atoms with E-state index in [1.54, 1.807) is 0 Å². The summed E-state index contributed by atoms with van der Waals surface area (Å²) in [4.78, 5) is 0. The summed E-state index contributed by atoms with van der Waals surface area (Å²) < 4.78 is 16.6. The molecular weight excluding hydrogens is 228 g/mol. The first-order valence-electron chi connectivity index (χ1n) is 6.27. The summed E-state index contributed by atoms with van der Waals surface area (Å²) in [6.07, 6.45) is 8.38. The van der Waals surface area contributed by atoms with Crippen LogP contribution in [0.1, 0.15) is 24.8 Å². The summed E-state index contributed by atoms with van der Waals surface area (Å²) in [5.74, 6) is 3.22. The minimum atomic E-state index is -0.0611. The molecule has 1 heterocycles. The number of terminal acetylenes is 1. The lowest BCUT2D eigenvalue weighted by Crippen LogP contribution is -2.21. The maximum atomic E-state index is 5.71. The van der Waals surface area contributed by atoms with E-state index in [0.717, 1.165) is 30.8 Å². The molecule has 0 amide bonds. The Bertz CT molecular complexity index is 402. The summed E-state index contributed by atoms with van der Waals surface area (Å²) >= 11 is 0. The van der Waals surface area contributed by atoms with Crippen molar-refractivity contribution in [2.45, 2.75) is 32.2 Å². The van der Waals surface area contributed by atoms with Gasteiger partial charge in [-0.2, -0.15) is 0 Å². The van der Waals surface area contributed by atoms with Gasteiger partial charge >= 0.3 is 0 Å². The fourth-order valence-corrected chi connectivity index (χ4v) is 1.88. The van der Waals surface area contributed by atoms with E-state index in [9.17, 15) is 0 Å². The van der Waals surface area contributed by atoms with Crippen molar-refractivity contribution in [2.75, 3.05) is 13.2 Å². The van der Waals surface area contributed by atoms with Crippen LogP contribution in [0.5, 0.6) is 5.75 Å². The van der Waals surface area contributed by atoms with Gasteiger partial charge < -0.3 is 14.2 Å². The highest BCUT2D eigenvalue weighted by molar-refractivity contribution is 5.28. The topological polar surface area (TPSA) is 27.7 Å². The molecule has 1 aliphatic heterocycles. The van der Waals surface area contributed by atoms with Crippen molar-refractivity contribution in [1.29, 1.82) is 0 Å². The zero-order chi connectivity index (χ0) is 12.6. The number of benzene rings is 1. The Morgan fingerprint density at radius 3 is 3.11 bits per heavy atom. The molecule has 0 aliphatic carbocycles. The minimum Gasteiger partial charge on any atom is -0.481 e. The summed E-state index contributed by atoms with van der Waals surface area (Å²) in [6, 6.07) is 7.77. The Balaban J connectivity index is 1.82. The summed E-state index contributed by atoms with van der Waals surface area (Å²) in [5, 5.41) is 0. The summed E-state index contributed by atoms with van der Waals surface area (Å²) in [5.41, 5.74) is 1.07. The molecule has 1 aromatic carbocycles. The number of rotatable bonds is 5. The third kappa shape index (κ3) is 4.06. The van der Waals surface area contributed by atoms with Gasteiger partial charge in [-0.1, -0.05) is 18.1 Å². The zero-order valence-corrected chi connectivity index (χ0v) is 10.4. The Hall–Kier alpha value is -1.50. The molecule has 1 saturated heterocycles. The molecule has 1 fully saturated rings. The molecule has 96 valence electrons. The van der Waals surface area contributed by atoms with Crippen molar-refractivity contribution in [1.82, 2.24) is 0 Å². The van der Waals surface area contributed by atoms with Crippen molar-refractivity contribution in [3.8, 4) is 18.1 Å². The smallest absolute Gasteiger partial charge is 0.158 e. The van der Waals surface area contributed by atoms with Crippen LogP contribution in [0.2, 0.25) is 0 Å². The first kappa shape index (κ1) is 12.9. The van der Waals surface area contributed by atoms with E-state index in [2.05, 4.69) is 5.92 Å². The van der Waals surface area contributed by atoms with Gasteiger partial charge in [0.15, 0.2) is 6.29 Å². The molecule has 3 heteroatoms. The van der Waals surface area contributed by atoms with Crippen molar-refractivity contribution in [3.63, 3.8) is 0 Å². The summed E-state index contributed by atoms with van der Waals surface area (Å²) in [6.45, 7) is 1.63. The third-order valence-corrected chi connectivity index (χ3v) is 2.79. The third-order valence-electron chi connectivity index (χ3n) is 2.79. The molecule has 0 aromatic heterocycles. The molecule has 0 saturated carbocycles. The molecule has 18 heavy (non-hydrogen) atoms. The Morgan fingerprint density at radius 1 is 1.39 bits per heavy atom. The van der Waals surface area contributed by atoms with Crippen LogP contribution in [0.25, 0.3) is 0 Å². The van der Waals surface area contributed by atoms with Gasteiger partial charge in [0.05, 0.1) is 6.61 Å². The quantitative estimate of drug-likeness (QED) is 0.748. The Kier molecular flexibility index (Phi) is 5.07. The molecule has 2 rings (SSSR count). The van der Waals surface area contributed by atoms with Crippen molar-refractivity contribution in [3.05, 3.63) is 29.8 Å². The van der Waals surface area contributed by atoms with E-state index in [1.165, 1.54) is 6.42 Å². The van der Waals surface area contributed by atoms with Gasteiger partial charge in [-0.05, 0) is 37.0 Å². The van der Waals surface area contributed by atoms with Crippen LogP contribution >= 0.6 is 0 Å². The highest BCUT2D eigenvalue weighted by Crippen LogP contribution is 2.18. The van der Waals surface area contributed by atoms with Crippen LogP contribution in [-0.4, -0.2) is 19.5 Å². The van der Waals surface area contributed by atoms with Gasteiger partial charge in [-0.15, -0.1) is 6.42 Å². The summed E-state index contributed by atoms with van der Waals surface area (Å²) in [7, 11) is 0. The second-order valence-corrected chi connectivity index (χ2v) is 4.25. The van der Waals surface area contributed by atoms with E-state index in [0.29, 0.717) is 6.61 Å². The molecule has 0 N–H and O–H groups in total. The van der Waals surface area contributed by atoms with Gasteiger partial charge in [0.2, 0.25) is 0 Å². The van der Waals surface area contributed by atoms with Gasteiger partial charge in [-0.25, -0.2) is 0 Å². The van der Waals surface area contributed by atoms with E-state index in [-0.39, 0.29) is 12.9 Å². The predicted octanol–water partition coefficient (Wildman–Crippen LogP) is 2.74. The number of hydrogen-bond donors (Lipinski definition) is 0. The normalized spacial score (nSPS) is 19.2. The molecule has 0 bridgehead atoms. The average molecular weight is 246 g/mol. The molecule has 0 spiro atoms. The molecule has 1 aromatic rings. The monoisotopic (exact) mass is 246 g/mol. The second kappa shape index (κ2) is 7.05. The van der Waals surface area contributed by atoms with Crippen LogP contribution in [0.15, 0.2) is 24.3 Å². The fraction of sp³-hybridized carbons (Fsp3) is 0.467. The van der Waals surface area contributed by atoms with Gasteiger partial charge in [0.25, 0.3) is 0 Å². The van der Waals surface area contributed by atoms with E-state index >= 15 is 0 Å². The Labute approximate surface area is 108 Å². The molecule has 1 aliphatic rings. The predicted molar refractivity (Wildman–Crippen MR) is 69.2 cm³/mol. The van der Waals surface area contributed by atoms with Crippen LogP contribution in [0, 0.1) is 12.3 Å². The molecule has 1 atom stereocenters. The largest absolute Gasteiger partial charge is 0.481 e. The molecular formula is C15H18O3. The highest BCUT2D eigenvalue weighted by atomic mass is 16.7. The first-order valence-corrected chi connectivity index (χ1v) is 6.27. The lowest BCUT2D eigenvalue weighted by Gasteiger charge is -2.22. The number of ether oxygens (including phenoxy) is 3. The standard InChI is InChI=1S/C15H18O3/c1-2-9-16-14-7-5-6-13(11-14)12-18-15-8-3-4-10-17-15/h1,5-7,11,15H,3-4,8-10,12H2. The maximum Gasteiger partial charge on any atom is 0.158 e. The zero-order valence-electron chi connectivity index (χ0n) is 10.4. The SMILES string of the molecule is C#CCOc1cccc(COC2CCCCO2)c1. The molecule has 3 nitrogen and oxygen atoms in total. The van der Waals surface area contributed by atoms with E-state index in [4.69, 9.17) is 20.6 Å². The fourth-order valence-electron chi connectivity index (χ4n) is 1.88. The van der Waals surface area contributed by atoms with Crippen LogP contribution in [0.3, 0.4) is 0 Å². The van der Waals surface area contributed by atoms with Crippen LogP contribution in [-0.2, 0) is 16.1 Å². The van der Waals surface area contributed by atoms with E-state index < -0.39 is 0 Å². The van der Waals surface area contributed by atoms with Crippen molar-refractivity contribution < 1.29 is 14.2 Å². The maximum absolute atomic E-state index is 5.71.